The Morgan fingerprint density at radius 1 is 1.00 bits per heavy atom. The highest BCUT2D eigenvalue weighted by molar-refractivity contribution is 7.93. The van der Waals surface area contributed by atoms with Gasteiger partial charge in [0.05, 0.1) is 11.3 Å². The number of anilines is 1. The van der Waals surface area contributed by atoms with Gasteiger partial charge in [0.1, 0.15) is 22.2 Å². The Morgan fingerprint density at radius 3 is 2.31 bits per heavy atom. The fourth-order valence-electron chi connectivity index (χ4n) is 3.65. The number of amides is 1. The van der Waals surface area contributed by atoms with Crippen LogP contribution in [0.1, 0.15) is 13.8 Å². The fourth-order valence-corrected chi connectivity index (χ4v) is 5.15. The lowest BCUT2D eigenvalue weighted by molar-refractivity contribution is -0.115. The Hall–Kier alpha value is -3.99. The Balaban J connectivity index is 1.97. The van der Waals surface area contributed by atoms with Crippen molar-refractivity contribution < 1.29 is 26.4 Å². The highest BCUT2D eigenvalue weighted by Crippen LogP contribution is 2.38. The maximum absolute atomic E-state index is 15.9. The lowest BCUT2D eigenvalue weighted by Crippen LogP contribution is -2.36. The number of pyridine rings is 1. The number of aromatic nitrogens is 3. The number of hydrogen-bond acceptors (Lipinski definition) is 5. The molecule has 0 aliphatic heterocycles. The molecule has 180 valence electrons. The molecule has 0 bridgehead atoms. The molecule has 11 heteroatoms. The van der Waals surface area contributed by atoms with Crippen LogP contribution in [0.4, 0.5) is 18.9 Å². The smallest absolute Gasteiger partial charge is 0.273 e. The zero-order chi connectivity index (χ0) is 25.3. The van der Waals surface area contributed by atoms with Gasteiger partial charge in [0.15, 0.2) is 5.82 Å². The highest BCUT2D eigenvalue weighted by Gasteiger charge is 2.35. The minimum absolute atomic E-state index is 0.0957. The summed E-state index contributed by atoms with van der Waals surface area (Å²) in [5, 5.41) is 4.28. The molecule has 0 saturated heterocycles. The van der Waals surface area contributed by atoms with Gasteiger partial charge in [-0.05, 0) is 48.9 Å². The van der Waals surface area contributed by atoms with E-state index >= 15 is 8.78 Å². The number of carbonyl (C=O) groups excluding carboxylic acids is 1. The van der Waals surface area contributed by atoms with Crippen molar-refractivity contribution in [3.05, 3.63) is 84.6 Å². The average Bonchev–Trinajstić information content (AvgIpc) is 3.25. The second-order valence-corrected chi connectivity index (χ2v) is 9.21. The third-order valence-electron chi connectivity index (χ3n) is 5.24. The minimum Gasteiger partial charge on any atom is -0.274 e. The first kappa shape index (κ1) is 24.1. The van der Waals surface area contributed by atoms with Crippen LogP contribution >= 0.6 is 0 Å². The van der Waals surface area contributed by atoms with Crippen LogP contribution < -0.4 is 4.31 Å². The van der Waals surface area contributed by atoms with Gasteiger partial charge in [-0.15, -0.1) is 0 Å². The van der Waals surface area contributed by atoms with Crippen LogP contribution in [-0.2, 0) is 21.4 Å². The molecule has 0 fully saturated rings. The molecule has 0 saturated carbocycles. The summed E-state index contributed by atoms with van der Waals surface area (Å²) in [6, 6.07) is 9.30. The number of sulfonamides is 1. The van der Waals surface area contributed by atoms with Crippen molar-refractivity contribution in [3.8, 4) is 22.4 Å². The van der Waals surface area contributed by atoms with Gasteiger partial charge >= 0.3 is 0 Å². The first-order valence-corrected chi connectivity index (χ1v) is 11.9. The number of aryl methyl sites for hydroxylation is 1. The number of benzene rings is 2. The van der Waals surface area contributed by atoms with Gasteiger partial charge in [0.2, 0.25) is 5.91 Å². The lowest BCUT2D eigenvalue weighted by atomic mass is 10.0. The maximum atomic E-state index is 15.9. The molecule has 0 atom stereocenters. The van der Waals surface area contributed by atoms with Crippen molar-refractivity contribution in [2.75, 3.05) is 4.31 Å². The molecule has 0 unspecified atom stereocenters. The fraction of sp³-hybridized carbons (Fsp3) is 0.125. The van der Waals surface area contributed by atoms with E-state index in [2.05, 4.69) is 10.1 Å². The van der Waals surface area contributed by atoms with E-state index in [0.717, 1.165) is 31.2 Å². The molecular weight excluding hydrogens is 481 g/mol. The van der Waals surface area contributed by atoms with Crippen molar-refractivity contribution in [2.45, 2.75) is 25.3 Å². The summed E-state index contributed by atoms with van der Waals surface area (Å²) in [4.78, 5) is 15.5. The number of halogens is 3. The summed E-state index contributed by atoms with van der Waals surface area (Å²) < 4.78 is 73.3. The average molecular weight is 501 g/mol. The Bertz CT molecular complexity index is 1520. The van der Waals surface area contributed by atoms with Crippen LogP contribution in [0.3, 0.4) is 0 Å². The van der Waals surface area contributed by atoms with Gasteiger partial charge < -0.3 is 0 Å². The zero-order valence-electron chi connectivity index (χ0n) is 18.6. The topological polar surface area (TPSA) is 85.2 Å². The molecule has 0 N–H and O–H groups in total. The molecular formula is C24H19F3N4O3S. The highest BCUT2D eigenvalue weighted by atomic mass is 32.2. The van der Waals surface area contributed by atoms with Crippen molar-refractivity contribution in [3.63, 3.8) is 0 Å². The van der Waals surface area contributed by atoms with Crippen molar-refractivity contribution >= 4 is 21.6 Å². The molecule has 0 aliphatic rings. The van der Waals surface area contributed by atoms with Gasteiger partial charge in [-0.2, -0.15) is 9.40 Å². The van der Waals surface area contributed by atoms with E-state index < -0.39 is 49.5 Å². The Kier molecular flexibility index (Phi) is 6.44. The summed E-state index contributed by atoms with van der Waals surface area (Å²) in [7, 11) is -4.87. The van der Waals surface area contributed by atoms with E-state index in [1.165, 1.54) is 29.2 Å². The van der Waals surface area contributed by atoms with E-state index in [-0.39, 0.29) is 10.00 Å². The van der Waals surface area contributed by atoms with Crippen LogP contribution in [0, 0.1) is 17.5 Å². The van der Waals surface area contributed by atoms with Gasteiger partial charge in [-0.1, -0.05) is 12.1 Å². The predicted octanol–water partition coefficient (Wildman–Crippen LogP) is 4.79. The van der Waals surface area contributed by atoms with Gasteiger partial charge in [0, 0.05) is 37.6 Å². The summed E-state index contributed by atoms with van der Waals surface area (Å²) in [5.41, 5.74) is -0.543. The standard InChI is InChI=1S/C24H19F3N4O3S/c1-3-30-14-17(16-10-12-28-13-11-16)24(29-30)22-19(26)8-9-20(23(22)27)31(15(2)32)35(33,34)21-7-5-4-6-18(21)25/h4-14H,3H2,1-2H3. The second kappa shape index (κ2) is 9.34. The molecule has 2 heterocycles. The summed E-state index contributed by atoms with van der Waals surface area (Å²) in [6.07, 6.45) is 4.60. The minimum atomic E-state index is -4.87. The quantitative estimate of drug-likeness (QED) is 0.380. The third kappa shape index (κ3) is 4.30. The summed E-state index contributed by atoms with van der Waals surface area (Å²) in [5.74, 6) is -4.59. The first-order valence-electron chi connectivity index (χ1n) is 10.4. The molecule has 4 aromatic rings. The molecule has 2 aromatic carbocycles. The second-order valence-electron chi connectivity index (χ2n) is 7.46. The van der Waals surface area contributed by atoms with Gasteiger partial charge in [-0.25, -0.2) is 21.6 Å². The molecule has 2 aromatic heterocycles. The summed E-state index contributed by atoms with van der Waals surface area (Å²) >= 11 is 0. The van der Waals surface area contributed by atoms with Crippen LogP contribution in [0.15, 0.2) is 72.0 Å². The number of carbonyl (C=O) groups is 1. The van der Waals surface area contributed by atoms with Crippen molar-refractivity contribution in [2.24, 2.45) is 0 Å². The first-order chi connectivity index (χ1) is 16.7. The summed E-state index contributed by atoms with van der Waals surface area (Å²) in [6.45, 7) is 3.06. The zero-order valence-corrected chi connectivity index (χ0v) is 19.4. The van der Waals surface area contributed by atoms with Crippen LogP contribution in [-0.4, -0.2) is 29.1 Å². The monoisotopic (exact) mass is 500 g/mol. The number of hydrogen-bond donors (Lipinski definition) is 0. The van der Waals surface area contributed by atoms with Crippen LogP contribution in [0.5, 0.6) is 0 Å². The molecule has 0 spiro atoms. The van der Waals surface area contributed by atoms with Crippen LogP contribution in [0.25, 0.3) is 22.4 Å². The number of nitrogens with zero attached hydrogens (tertiary/aromatic N) is 4. The van der Waals surface area contributed by atoms with Crippen LogP contribution in [0.2, 0.25) is 0 Å². The van der Waals surface area contributed by atoms with E-state index in [9.17, 15) is 17.6 Å². The normalized spacial score (nSPS) is 11.5. The lowest BCUT2D eigenvalue weighted by Gasteiger charge is -2.23. The largest absolute Gasteiger partial charge is 0.274 e. The Morgan fingerprint density at radius 2 is 1.69 bits per heavy atom. The van der Waals surface area contributed by atoms with E-state index in [4.69, 9.17) is 0 Å². The molecule has 1 amide bonds. The van der Waals surface area contributed by atoms with Gasteiger partial charge in [-0.3, -0.25) is 14.5 Å². The van der Waals surface area contributed by atoms with Gasteiger partial charge in [0.25, 0.3) is 10.0 Å². The number of rotatable bonds is 6. The molecule has 0 aliphatic carbocycles. The molecule has 4 rings (SSSR count). The third-order valence-corrected chi connectivity index (χ3v) is 7.07. The van der Waals surface area contributed by atoms with E-state index in [0.29, 0.717) is 17.7 Å². The molecule has 7 nitrogen and oxygen atoms in total. The van der Waals surface area contributed by atoms with E-state index in [1.54, 1.807) is 25.3 Å². The molecule has 35 heavy (non-hydrogen) atoms. The predicted molar refractivity (Wildman–Crippen MR) is 123 cm³/mol. The molecule has 0 radical (unpaired) electrons. The maximum Gasteiger partial charge on any atom is 0.273 e. The van der Waals surface area contributed by atoms with E-state index in [1.807, 2.05) is 0 Å². The Labute approximate surface area is 199 Å². The van der Waals surface area contributed by atoms with Crippen molar-refractivity contribution in [1.82, 2.24) is 14.8 Å². The SMILES string of the molecule is CCn1cc(-c2ccncc2)c(-c2c(F)ccc(N(C(C)=O)S(=O)(=O)c3ccccc3F)c2F)n1. The van der Waals surface area contributed by atoms with Crippen molar-refractivity contribution in [1.29, 1.82) is 0 Å².